The summed E-state index contributed by atoms with van der Waals surface area (Å²) in [5.41, 5.74) is 0.353. The molecule has 0 aromatic carbocycles. The average molecular weight is 185 g/mol. The highest BCUT2D eigenvalue weighted by Gasteiger charge is 2.31. The molecule has 1 saturated heterocycles. The molecule has 1 unspecified atom stereocenters. The number of rotatable bonds is 4. The van der Waals surface area contributed by atoms with Crippen molar-refractivity contribution in [2.24, 2.45) is 0 Å². The Kier molecular flexibility index (Phi) is 3.71. The lowest BCUT2D eigenvalue weighted by atomic mass is 10.0. The summed E-state index contributed by atoms with van der Waals surface area (Å²) in [5, 5.41) is 3.40. The zero-order valence-electron chi connectivity index (χ0n) is 9.43. The zero-order valence-corrected chi connectivity index (χ0v) is 9.43. The Morgan fingerprint density at radius 2 is 2.15 bits per heavy atom. The minimum Gasteiger partial charge on any atom is -0.313 e. The molecule has 0 bridgehead atoms. The molecule has 1 aliphatic rings. The third-order valence-electron chi connectivity index (χ3n) is 3.02. The third-order valence-corrected chi connectivity index (χ3v) is 3.02. The lowest BCUT2D eigenvalue weighted by molar-refractivity contribution is 0.264. The van der Waals surface area contributed by atoms with E-state index in [0.717, 1.165) is 0 Å². The van der Waals surface area contributed by atoms with E-state index in [0.29, 0.717) is 5.54 Å². The molecule has 1 rings (SSSR count). The van der Waals surface area contributed by atoms with Crippen LogP contribution in [0.5, 0.6) is 0 Å². The molecule has 0 saturated carbocycles. The van der Waals surface area contributed by atoms with E-state index >= 15 is 0 Å². The maximum absolute atomic E-state index is 3.40. The van der Waals surface area contributed by atoms with Crippen LogP contribution in [0.15, 0.2) is 0 Å². The molecule has 1 N–H and O–H groups in total. The Hall–Kier alpha value is -0.120. The van der Waals surface area contributed by atoms with E-state index < -0.39 is 0 Å². The van der Waals surface area contributed by atoms with Crippen LogP contribution in [0.4, 0.5) is 0 Å². The van der Waals surface area contributed by atoms with Crippen LogP contribution in [0, 0.1) is 0 Å². The van der Waals surface area contributed by atoms with Gasteiger partial charge in [-0.3, -0.25) is 0 Å². The Bertz CT molecular complexity index is 158. The molecule has 1 fully saturated rings. The lowest BCUT2D eigenvalue weighted by Crippen LogP contribution is -2.43. The SMILES string of the molecule is CNC1(C)CCN(CCN(C)C)C1. The first-order chi connectivity index (χ1) is 6.06. The predicted molar refractivity (Wildman–Crippen MR) is 57.1 cm³/mol. The van der Waals surface area contributed by atoms with Gasteiger partial charge in [-0.1, -0.05) is 0 Å². The van der Waals surface area contributed by atoms with Crippen LogP contribution < -0.4 is 5.32 Å². The third kappa shape index (κ3) is 3.25. The van der Waals surface area contributed by atoms with Gasteiger partial charge in [0, 0.05) is 31.7 Å². The van der Waals surface area contributed by atoms with Gasteiger partial charge in [0.05, 0.1) is 0 Å². The molecule has 78 valence electrons. The standard InChI is InChI=1S/C10H23N3/c1-10(11-2)5-6-13(9-10)8-7-12(3)4/h11H,5-9H2,1-4H3. The van der Waals surface area contributed by atoms with Crippen LogP contribution in [0.1, 0.15) is 13.3 Å². The minimum absolute atomic E-state index is 0.353. The first-order valence-corrected chi connectivity index (χ1v) is 5.12. The molecule has 1 heterocycles. The molecule has 1 atom stereocenters. The number of hydrogen-bond acceptors (Lipinski definition) is 3. The second kappa shape index (κ2) is 4.40. The van der Waals surface area contributed by atoms with Crippen molar-refractivity contribution in [1.82, 2.24) is 15.1 Å². The monoisotopic (exact) mass is 185 g/mol. The second-order valence-electron chi connectivity index (χ2n) is 4.64. The molecule has 3 nitrogen and oxygen atoms in total. The van der Waals surface area contributed by atoms with Gasteiger partial charge in [-0.05, 0) is 34.5 Å². The summed E-state index contributed by atoms with van der Waals surface area (Å²) in [6, 6.07) is 0. The Morgan fingerprint density at radius 3 is 2.62 bits per heavy atom. The molecule has 13 heavy (non-hydrogen) atoms. The van der Waals surface area contributed by atoms with Crippen LogP contribution in [0.3, 0.4) is 0 Å². The summed E-state index contributed by atoms with van der Waals surface area (Å²) in [6.45, 7) is 7.11. The van der Waals surface area contributed by atoms with E-state index in [2.05, 4.69) is 43.2 Å². The summed E-state index contributed by atoms with van der Waals surface area (Å²) in [6.07, 6.45) is 1.27. The van der Waals surface area contributed by atoms with Gasteiger partial charge in [-0.2, -0.15) is 0 Å². The van der Waals surface area contributed by atoms with Gasteiger partial charge in [0.25, 0.3) is 0 Å². The van der Waals surface area contributed by atoms with Crippen molar-refractivity contribution in [3.05, 3.63) is 0 Å². The van der Waals surface area contributed by atoms with Crippen molar-refractivity contribution in [2.75, 3.05) is 47.3 Å². The second-order valence-corrected chi connectivity index (χ2v) is 4.64. The summed E-state index contributed by atoms with van der Waals surface area (Å²) in [4.78, 5) is 4.78. The molecule has 0 radical (unpaired) electrons. The average Bonchev–Trinajstić information content (AvgIpc) is 2.45. The van der Waals surface area contributed by atoms with Crippen LogP contribution >= 0.6 is 0 Å². The Morgan fingerprint density at radius 1 is 1.46 bits per heavy atom. The van der Waals surface area contributed by atoms with Crippen molar-refractivity contribution >= 4 is 0 Å². The van der Waals surface area contributed by atoms with E-state index in [1.165, 1.54) is 32.6 Å². The minimum atomic E-state index is 0.353. The number of nitrogens with one attached hydrogen (secondary N) is 1. The van der Waals surface area contributed by atoms with Gasteiger partial charge in [-0.25, -0.2) is 0 Å². The van der Waals surface area contributed by atoms with Gasteiger partial charge >= 0.3 is 0 Å². The van der Waals surface area contributed by atoms with Gasteiger partial charge in [0.15, 0.2) is 0 Å². The van der Waals surface area contributed by atoms with Gasteiger partial charge in [0.2, 0.25) is 0 Å². The lowest BCUT2D eigenvalue weighted by Gasteiger charge is -2.24. The largest absolute Gasteiger partial charge is 0.313 e. The highest BCUT2D eigenvalue weighted by atomic mass is 15.2. The highest BCUT2D eigenvalue weighted by Crippen LogP contribution is 2.19. The van der Waals surface area contributed by atoms with Crippen molar-refractivity contribution < 1.29 is 0 Å². The summed E-state index contributed by atoms with van der Waals surface area (Å²) >= 11 is 0. The quantitative estimate of drug-likeness (QED) is 0.676. The Labute approximate surface area is 82.1 Å². The number of nitrogens with zero attached hydrogens (tertiary/aromatic N) is 2. The predicted octanol–water partition coefficient (Wildman–Crippen LogP) is 0.232. The van der Waals surface area contributed by atoms with E-state index in [1.54, 1.807) is 0 Å². The maximum Gasteiger partial charge on any atom is 0.0289 e. The van der Waals surface area contributed by atoms with Crippen LogP contribution in [-0.4, -0.2) is 62.7 Å². The fourth-order valence-electron chi connectivity index (χ4n) is 1.79. The van der Waals surface area contributed by atoms with Crippen LogP contribution in [0.2, 0.25) is 0 Å². The maximum atomic E-state index is 3.40. The van der Waals surface area contributed by atoms with Crippen molar-refractivity contribution in [3.8, 4) is 0 Å². The molecule has 0 aromatic heterocycles. The van der Waals surface area contributed by atoms with Gasteiger partial charge in [0.1, 0.15) is 0 Å². The zero-order chi connectivity index (χ0) is 9.90. The van der Waals surface area contributed by atoms with Gasteiger partial charge < -0.3 is 15.1 Å². The van der Waals surface area contributed by atoms with Crippen LogP contribution in [0.25, 0.3) is 0 Å². The van der Waals surface area contributed by atoms with Gasteiger partial charge in [-0.15, -0.1) is 0 Å². The molecule has 3 heteroatoms. The molecule has 0 aromatic rings. The number of hydrogen-bond donors (Lipinski definition) is 1. The first-order valence-electron chi connectivity index (χ1n) is 5.12. The molecule has 0 spiro atoms. The van der Waals surface area contributed by atoms with E-state index in [-0.39, 0.29) is 0 Å². The summed E-state index contributed by atoms with van der Waals surface area (Å²) in [7, 11) is 6.33. The molecule has 1 aliphatic heterocycles. The number of likely N-dealkylation sites (N-methyl/N-ethyl adjacent to an activating group) is 2. The summed E-state index contributed by atoms with van der Waals surface area (Å²) < 4.78 is 0. The Balaban J connectivity index is 2.25. The smallest absolute Gasteiger partial charge is 0.0289 e. The van der Waals surface area contributed by atoms with Crippen molar-refractivity contribution in [3.63, 3.8) is 0 Å². The van der Waals surface area contributed by atoms with E-state index in [4.69, 9.17) is 0 Å². The van der Waals surface area contributed by atoms with Crippen molar-refractivity contribution in [2.45, 2.75) is 18.9 Å². The van der Waals surface area contributed by atoms with Crippen molar-refractivity contribution in [1.29, 1.82) is 0 Å². The fourth-order valence-corrected chi connectivity index (χ4v) is 1.79. The number of likely N-dealkylation sites (tertiary alicyclic amines) is 1. The molecule has 0 aliphatic carbocycles. The topological polar surface area (TPSA) is 18.5 Å². The molecular formula is C10H23N3. The fraction of sp³-hybridized carbons (Fsp3) is 1.00. The van der Waals surface area contributed by atoms with E-state index in [9.17, 15) is 0 Å². The van der Waals surface area contributed by atoms with Crippen LogP contribution in [-0.2, 0) is 0 Å². The normalized spacial score (nSPS) is 30.2. The molecule has 0 amide bonds. The first kappa shape index (κ1) is 11.0. The van der Waals surface area contributed by atoms with E-state index in [1.807, 2.05) is 0 Å². The molecular weight excluding hydrogens is 162 g/mol. The highest BCUT2D eigenvalue weighted by molar-refractivity contribution is 4.92. The summed E-state index contributed by atoms with van der Waals surface area (Å²) in [5.74, 6) is 0.